The maximum Gasteiger partial charge on any atom is 0.186 e. The van der Waals surface area contributed by atoms with E-state index in [9.17, 15) is 4.39 Å². The Kier molecular flexibility index (Phi) is 3.53. The predicted octanol–water partition coefficient (Wildman–Crippen LogP) is 2.92. The van der Waals surface area contributed by atoms with Gasteiger partial charge in [-0.15, -0.1) is 5.10 Å². The second kappa shape index (κ2) is 6.03. The lowest BCUT2D eigenvalue weighted by Crippen LogP contribution is -2.37. The van der Waals surface area contributed by atoms with Crippen molar-refractivity contribution in [3.63, 3.8) is 0 Å². The van der Waals surface area contributed by atoms with Crippen LogP contribution in [-0.4, -0.2) is 46.1 Å². The van der Waals surface area contributed by atoms with Gasteiger partial charge in [0, 0.05) is 24.0 Å². The summed E-state index contributed by atoms with van der Waals surface area (Å²) in [5.74, 6) is 0.625. The minimum absolute atomic E-state index is 0.280. The Balaban J connectivity index is 1.77. The van der Waals surface area contributed by atoms with E-state index < -0.39 is 0 Å². The SMILES string of the molecule is Fc1ccc(-c2nnn3c2nc(N2CCOCC2)c2ccccc23)cc1. The lowest BCUT2D eigenvalue weighted by Gasteiger charge is -2.28. The van der Waals surface area contributed by atoms with Crippen molar-refractivity contribution in [3.05, 3.63) is 54.3 Å². The maximum absolute atomic E-state index is 13.3. The van der Waals surface area contributed by atoms with Gasteiger partial charge in [0.25, 0.3) is 0 Å². The molecule has 0 spiro atoms. The average Bonchev–Trinajstić information content (AvgIpc) is 3.13. The lowest BCUT2D eigenvalue weighted by molar-refractivity contribution is 0.122. The first-order valence-electron chi connectivity index (χ1n) is 8.54. The number of nitrogens with zero attached hydrogens (tertiary/aromatic N) is 5. The normalized spacial score (nSPS) is 15.0. The van der Waals surface area contributed by atoms with Crippen molar-refractivity contribution in [3.8, 4) is 11.3 Å². The molecule has 4 aromatic rings. The summed E-state index contributed by atoms with van der Waals surface area (Å²) in [7, 11) is 0. The molecule has 1 aliphatic rings. The van der Waals surface area contributed by atoms with E-state index in [-0.39, 0.29) is 5.82 Å². The van der Waals surface area contributed by atoms with Crippen molar-refractivity contribution >= 4 is 22.4 Å². The standard InChI is InChI=1S/C19H16FN5O/c20-14-7-5-13(6-8-14)17-19-21-18(24-9-11-26-12-10-24)15-3-1-2-4-16(15)25(19)23-22-17/h1-8H,9-12H2. The Morgan fingerprint density at radius 3 is 2.54 bits per heavy atom. The summed E-state index contributed by atoms with van der Waals surface area (Å²) in [5, 5.41) is 9.64. The van der Waals surface area contributed by atoms with Crippen molar-refractivity contribution in [1.82, 2.24) is 19.8 Å². The van der Waals surface area contributed by atoms with Crippen LogP contribution in [0.25, 0.3) is 27.8 Å². The first-order valence-corrected chi connectivity index (χ1v) is 8.54. The van der Waals surface area contributed by atoms with Gasteiger partial charge in [-0.3, -0.25) is 0 Å². The number of para-hydroxylation sites is 1. The Hall–Kier alpha value is -3.06. The number of benzene rings is 2. The molecular formula is C19H16FN5O. The first-order chi connectivity index (χ1) is 12.8. The van der Waals surface area contributed by atoms with Crippen LogP contribution in [0.15, 0.2) is 48.5 Å². The summed E-state index contributed by atoms with van der Waals surface area (Å²) in [5.41, 5.74) is 3.04. The molecule has 0 aliphatic carbocycles. The molecule has 0 saturated carbocycles. The third-order valence-electron chi connectivity index (χ3n) is 4.66. The Bertz CT molecular complexity index is 1090. The molecule has 0 radical (unpaired) electrons. The molecule has 5 rings (SSSR count). The van der Waals surface area contributed by atoms with Gasteiger partial charge in [0.1, 0.15) is 17.3 Å². The molecule has 130 valence electrons. The quantitative estimate of drug-likeness (QED) is 0.557. The van der Waals surface area contributed by atoms with Crippen LogP contribution in [0.3, 0.4) is 0 Å². The number of morpholine rings is 1. The molecule has 3 heterocycles. The summed E-state index contributed by atoms with van der Waals surface area (Å²) < 4.78 is 20.5. The van der Waals surface area contributed by atoms with Gasteiger partial charge >= 0.3 is 0 Å². The van der Waals surface area contributed by atoms with Crippen molar-refractivity contribution < 1.29 is 9.13 Å². The highest BCUT2D eigenvalue weighted by Gasteiger charge is 2.20. The van der Waals surface area contributed by atoms with Crippen LogP contribution in [0.5, 0.6) is 0 Å². The zero-order chi connectivity index (χ0) is 17.5. The zero-order valence-electron chi connectivity index (χ0n) is 14.0. The van der Waals surface area contributed by atoms with Crippen LogP contribution in [0, 0.1) is 5.82 Å². The lowest BCUT2D eigenvalue weighted by atomic mass is 10.1. The van der Waals surface area contributed by atoms with E-state index in [1.54, 1.807) is 16.6 Å². The fraction of sp³-hybridized carbons (Fsp3) is 0.211. The van der Waals surface area contributed by atoms with Gasteiger partial charge in [-0.05, 0) is 36.4 Å². The minimum Gasteiger partial charge on any atom is -0.378 e. The molecule has 1 aliphatic heterocycles. The summed E-state index contributed by atoms with van der Waals surface area (Å²) in [6, 6.07) is 14.3. The molecule has 7 heteroatoms. The van der Waals surface area contributed by atoms with Crippen molar-refractivity contribution in [1.29, 1.82) is 0 Å². The molecule has 0 amide bonds. The highest BCUT2D eigenvalue weighted by atomic mass is 19.1. The topological polar surface area (TPSA) is 55.5 Å². The van der Waals surface area contributed by atoms with E-state index in [1.165, 1.54) is 12.1 Å². The minimum atomic E-state index is -0.280. The van der Waals surface area contributed by atoms with Gasteiger partial charge in [-0.1, -0.05) is 17.3 Å². The molecule has 0 atom stereocenters. The number of rotatable bonds is 2. The summed E-state index contributed by atoms with van der Waals surface area (Å²) in [6.45, 7) is 2.95. The molecule has 1 fully saturated rings. The van der Waals surface area contributed by atoms with Crippen LogP contribution < -0.4 is 4.90 Å². The third kappa shape index (κ3) is 2.40. The molecule has 0 bridgehead atoms. The van der Waals surface area contributed by atoms with Crippen molar-refractivity contribution in [2.24, 2.45) is 0 Å². The number of fused-ring (bicyclic) bond motifs is 3. The Morgan fingerprint density at radius 2 is 1.73 bits per heavy atom. The van der Waals surface area contributed by atoms with Crippen LogP contribution in [0.1, 0.15) is 0 Å². The third-order valence-corrected chi connectivity index (χ3v) is 4.66. The van der Waals surface area contributed by atoms with Gasteiger partial charge in [-0.25, -0.2) is 9.37 Å². The second-order valence-corrected chi connectivity index (χ2v) is 6.23. The van der Waals surface area contributed by atoms with E-state index >= 15 is 0 Å². The summed E-state index contributed by atoms with van der Waals surface area (Å²) in [4.78, 5) is 7.13. The van der Waals surface area contributed by atoms with E-state index in [1.807, 2.05) is 24.3 Å². The molecule has 2 aromatic carbocycles. The number of hydrogen-bond acceptors (Lipinski definition) is 5. The van der Waals surface area contributed by atoms with Gasteiger partial charge < -0.3 is 9.64 Å². The first kappa shape index (κ1) is 15.2. The highest BCUT2D eigenvalue weighted by molar-refractivity contribution is 5.93. The van der Waals surface area contributed by atoms with Crippen molar-refractivity contribution in [2.75, 3.05) is 31.2 Å². The number of halogens is 1. The second-order valence-electron chi connectivity index (χ2n) is 6.23. The fourth-order valence-electron chi connectivity index (χ4n) is 3.36. The van der Waals surface area contributed by atoms with E-state index in [4.69, 9.17) is 9.72 Å². The smallest absolute Gasteiger partial charge is 0.186 e. The van der Waals surface area contributed by atoms with Crippen molar-refractivity contribution in [2.45, 2.75) is 0 Å². The largest absolute Gasteiger partial charge is 0.378 e. The molecule has 6 nitrogen and oxygen atoms in total. The van der Waals surface area contributed by atoms with Crippen LogP contribution in [0.2, 0.25) is 0 Å². The molecule has 0 unspecified atom stereocenters. The predicted molar refractivity (Wildman–Crippen MR) is 96.7 cm³/mol. The summed E-state index contributed by atoms with van der Waals surface area (Å²) >= 11 is 0. The van der Waals surface area contributed by atoms with E-state index in [0.717, 1.165) is 35.4 Å². The average molecular weight is 349 g/mol. The van der Waals surface area contributed by atoms with Crippen LogP contribution in [-0.2, 0) is 4.74 Å². The number of hydrogen-bond donors (Lipinski definition) is 0. The molecular weight excluding hydrogens is 333 g/mol. The van der Waals surface area contributed by atoms with Gasteiger partial charge in [0.2, 0.25) is 0 Å². The summed E-state index contributed by atoms with van der Waals surface area (Å²) in [6.07, 6.45) is 0. The Labute approximate surface area is 148 Å². The van der Waals surface area contributed by atoms with Crippen LogP contribution >= 0.6 is 0 Å². The van der Waals surface area contributed by atoms with Gasteiger partial charge in [0.05, 0.1) is 18.7 Å². The van der Waals surface area contributed by atoms with Gasteiger partial charge in [0.15, 0.2) is 5.65 Å². The number of aromatic nitrogens is 4. The fourth-order valence-corrected chi connectivity index (χ4v) is 3.36. The van der Waals surface area contributed by atoms with Gasteiger partial charge in [-0.2, -0.15) is 4.52 Å². The number of anilines is 1. The molecule has 1 saturated heterocycles. The maximum atomic E-state index is 13.3. The Morgan fingerprint density at radius 1 is 0.962 bits per heavy atom. The van der Waals surface area contributed by atoms with E-state index in [2.05, 4.69) is 15.2 Å². The highest BCUT2D eigenvalue weighted by Crippen LogP contribution is 2.30. The molecule has 26 heavy (non-hydrogen) atoms. The molecule has 2 aromatic heterocycles. The van der Waals surface area contributed by atoms with Crippen LogP contribution in [0.4, 0.5) is 10.2 Å². The zero-order valence-corrected chi connectivity index (χ0v) is 14.0. The number of ether oxygens (including phenoxy) is 1. The monoisotopic (exact) mass is 349 g/mol. The van der Waals surface area contributed by atoms with E-state index in [0.29, 0.717) is 24.6 Å². The molecule has 0 N–H and O–H groups in total.